The highest BCUT2D eigenvalue weighted by atomic mass is 19.4. The van der Waals surface area contributed by atoms with Crippen molar-refractivity contribution in [3.63, 3.8) is 0 Å². The van der Waals surface area contributed by atoms with Crippen LogP contribution in [0.25, 0.3) is 0 Å². The van der Waals surface area contributed by atoms with Crippen LogP contribution in [0.5, 0.6) is 0 Å². The summed E-state index contributed by atoms with van der Waals surface area (Å²) in [6, 6.07) is 5.96. The summed E-state index contributed by atoms with van der Waals surface area (Å²) in [4.78, 5) is 0. The summed E-state index contributed by atoms with van der Waals surface area (Å²) >= 11 is 0. The van der Waals surface area contributed by atoms with E-state index in [1.165, 1.54) is 12.1 Å². The second kappa shape index (κ2) is 4.09. The SMILES string of the molecule is CC1CC(c2ccc(C(F)(F)F)cc2)CN1. The quantitative estimate of drug-likeness (QED) is 0.780. The Bertz CT molecular complexity index is 356. The number of nitrogens with one attached hydrogen (secondary N) is 1. The van der Waals surface area contributed by atoms with Crippen LogP contribution in [-0.4, -0.2) is 12.6 Å². The molecule has 0 spiro atoms. The van der Waals surface area contributed by atoms with Gasteiger partial charge < -0.3 is 5.32 Å². The molecule has 1 heterocycles. The standard InChI is InChI=1S/C12H14F3N/c1-8-6-10(7-16-8)9-2-4-11(5-3-9)12(13,14)15/h2-5,8,10,16H,6-7H2,1H3. The van der Waals surface area contributed by atoms with E-state index in [1.807, 2.05) is 0 Å². The van der Waals surface area contributed by atoms with Gasteiger partial charge in [-0.1, -0.05) is 12.1 Å². The topological polar surface area (TPSA) is 12.0 Å². The van der Waals surface area contributed by atoms with Gasteiger partial charge in [-0.25, -0.2) is 0 Å². The Labute approximate surface area is 92.7 Å². The maximum atomic E-state index is 12.3. The minimum Gasteiger partial charge on any atom is -0.314 e. The van der Waals surface area contributed by atoms with Gasteiger partial charge >= 0.3 is 6.18 Å². The van der Waals surface area contributed by atoms with Gasteiger partial charge in [0.15, 0.2) is 0 Å². The summed E-state index contributed by atoms with van der Waals surface area (Å²) in [5.74, 6) is 0.345. The Morgan fingerprint density at radius 2 is 1.81 bits per heavy atom. The first-order valence-corrected chi connectivity index (χ1v) is 5.37. The molecule has 0 radical (unpaired) electrons. The van der Waals surface area contributed by atoms with E-state index in [-0.39, 0.29) is 0 Å². The molecule has 0 bridgehead atoms. The number of alkyl halides is 3. The van der Waals surface area contributed by atoms with Gasteiger partial charge in [-0.2, -0.15) is 13.2 Å². The Kier molecular flexibility index (Phi) is 2.93. The zero-order chi connectivity index (χ0) is 11.8. The lowest BCUT2D eigenvalue weighted by atomic mass is 9.96. The summed E-state index contributed by atoms with van der Waals surface area (Å²) in [6.07, 6.45) is -3.24. The predicted molar refractivity (Wildman–Crippen MR) is 56.3 cm³/mol. The summed E-state index contributed by atoms with van der Waals surface area (Å²) in [5.41, 5.74) is 0.417. The minimum atomic E-state index is -4.24. The van der Waals surface area contributed by atoms with Crippen LogP contribution in [-0.2, 0) is 6.18 Å². The van der Waals surface area contributed by atoms with Crippen molar-refractivity contribution in [1.82, 2.24) is 5.32 Å². The van der Waals surface area contributed by atoms with Gasteiger partial charge in [0, 0.05) is 12.6 Å². The fraction of sp³-hybridized carbons (Fsp3) is 0.500. The lowest BCUT2D eigenvalue weighted by molar-refractivity contribution is -0.137. The van der Waals surface area contributed by atoms with Crippen LogP contribution in [0.15, 0.2) is 24.3 Å². The summed E-state index contributed by atoms with van der Waals surface area (Å²) < 4.78 is 37.0. The van der Waals surface area contributed by atoms with E-state index in [1.54, 1.807) is 12.1 Å². The van der Waals surface area contributed by atoms with Gasteiger partial charge in [0.2, 0.25) is 0 Å². The molecular formula is C12H14F3N. The molecule has 2 unspecified atom stereocenters. The third-order valence-electron chi connectivity index (χ3n) is 3.06. The number of benzene rings is 1. The molecule has 1 aliphatic heterocycles. The molecular weight excluding hydrogens is 215 g/mol. The molecule has 1 nitrogen and oxygen atoms in total. The predicted octanol–water partition coefficient (Wildman–Crippen LogP) is 3.17. The van der Waals surface area contributed by atoms with Crippen molar-refractivity contribution >= 4 is 0 Å². The third-order valence-corrected chi connectivity index (χ3v) is 3.06. The van der Waals surface area contributed by atoms with E-state index in [4.69, 9.17) is 0 Å². The zero-order valence-electron chi connectivity index (χ0n) is 9.01. The molecule has 0 amide bonds. The van der Waals surface area contributed by atoms with Crippen molar-refractivity contribution < 1.29 is 13.2 Å². The average Bonchev–Trinajstić information content (AvgIpc) is 2.64. The highest BCUT2D eigenvalue weighted by Gasteiger charge is 2.30. The second-order valence-corrected chi connectivity index (χ2v) is 4.36. The molecule has 1 aliphatic rings. The maximum absolute atomic E-state index is 12.3. The first-order valence-electron chi connectivity index (χ1n) is 5.37. The molecule has 1 N–H and O–H groups in total. The molecule has 2 atom stereocenters. The summed E-state index contributed by atoms with van der Waals surface area (Å²) in [6.45, 7) is 2.94. The number of hydrogen-bond donors (Lipinski definition) is 1. The van der Waals surface area contributed by atoms with Crippen LogP contribution in [0, 0.1) is 0 Å². The Morgan fingerprint density at radius 1 is 1.19 bits per heavy atom. The first kappa shape index (κ1) is 11.5. The van der Waals surface area contributed by atoms with Crippen molar-refractivity contribution in [2.45, 2.75) is 31.5 Å². The molecule has 1 saturated heterocycles. The van der Waals surface area contributed by atoms with Gasteiger partial charge in [0.05, 0.1) is 5.56 Å². The van der Waals surface area contributed by atoms with E-state index in [9.17, 15) is 13.2 Å². The number of halogens is 3. The summed E-state index contributed by atoms with van der Waals surface area (Å²) in [7, 11) is 0. The normalized spacial score (nSPS) is 26.0. The van der Waals surface area contributed by atoms with Crippen LogP contribution in [0.2, 0.25) is 0 Å². The summed E-state index contributed by atoms with van der Waals surface area (Å²) in [5, 5.41) is 3.29. The van der Waals surface area contributed by atoms with Gasteiger partial charge in [-0.3, -0.25) is 0 Å². The van der Waals surface area contributed by atoms with Gasteiger partial charge in [-0.15, -0.1) is 0 Å². The highest BCUT2D eigenvalue weighted by molar-refractivity contribution is 5.28. The fourth-order valence-electron chi connectivity index (χ4n) is 2.14. The molecule has 1 fully saturated rings. The molecule has 0 saturated carbocycles. The van der Waals surface area contributed by atoms with Crippen molar-refractivity contribution in [1.29, 1.82) is 0 Å². The second-order valence-electron chi connectivity index (χ2n) is 4.36. The molecule has 0 aromatic heterocycles. The van der Waals surface area contributed by atoms with Crippen molar-refractivity contribution in [2.24, 2.45) is 0 Å². The lowest BCUT2D eigenvalue weighted by Crippen LogP contribution is -2.16. The van der Waals surface area contributed by atoms with Crippen LogP contribution >= 0.6 is 0 Å². The van der Waals surface area contributed by atoms with E-state index in [2.05, 4.69) is 12.2 Å². The lowest BCUT2D eigenvalue weighted by Gasteiger charge is -2.11. The maximum Gasteiger partial charge on any atom is 0.416 e. The number of rotatable bonds is 1. The molecule has 1 aromatic carbocycles. The van der Waals surface area contributed by atoms with Crippen molar-refractivity contribution in [3.05, 3.63) is 35.4 Å². The van der Waals surface area contributed by atoms with E-state index < -0.39 is 11.7 Å². The number of hydrogen-bond acceptors (Lipinski definition) is 1. The van der Waals surface area contributed by atoms with E-state index in [0.717, 1.165) is 18.5 Å². The molecule has 0 aliphatic carbocycles. The van der Waals surface area contributed by atoms with Crippen LogP contribution in [0.1, 0.15) is 30.4 Å². The minimum absolute atomic E-state index is 0.345. The van der Waals surface area contributed by atoms with Crippen molar-refractivity contribution in [3.8, 4) is 0 Å². The van der Waals surface area contributed by atoms with Crippen LogP contribution in [0.3, 0.4) is 0 Å². The van der Waals surface area contributed by atoms with Gasteiger partial charge in [0.1, 0.15) is 0 Å². The Balaban J connectivity index is 2.14. The monoisotopic (exact) mass is 229 g/mol. The molecule has 16 heavy (non-hydrogen) atoms. The molecule has 1 aromatic rings. The van der Waals surface area contributed by atoms with E-state index in [0.29, 0.717) is 12.0 Å². The first-order chi connectivity index (χ1) is 7.47. The smallest absolute Gasteiger partial charge is 0.314 e. The largest absolute Gasteiger partial charge is 0.416 e. The Morgan fingerprint density at radius 3 is 2.25 bits per heavy atom. The zero-order valence-corrected chi connectivity index (χ0v) is 9.01. The van der Waals surface area contributed by atoms with Crippen molar-refractivity contribution in [2.75, 3.05) is 6.54 Å². The molecule has 4 heteroatoms. The van der Waals surface area contributed by atoms with Gasteiger partial charge in [0.25, 0.3) is 0 Å². The molecule has 88 valence electrons. The fourth-order valence-corrected chi connectivity index (χ4v) is 2.14. The van der Waals surface area contributed by atoms with Crippen LogP contribution in [0.4, 0.5) is 13.2 Å². The average molecular weight is 229 g/mol. The van der Waals surface area contributed by atoms with Gasteiger partial charge in [-0.05, 0) is 37.0 Å². The third kappa shape index (κ3) is 2.38. The Hall–Kier alpha value is -1.03. The van der Waals surface area contributed by atoms with E-state index >= 15 is 0 Å². The highest BCUT2D eigenvalue weighted by Crippen LogP contribution is 2.31. The van der Waals surface area contributed by atoms with Crippen LogP contribution < -0.4 is 5.32 Å². The molecule has 2 rings (SSSR count).